The number of hydrogen-bond acceptors (Lipinski definition) is 4. The molecule has 0 radical (unpaired) electrons. The summed E-state index contributed by atoms with van der Waals surface area (Å²) in [4.78, 5) is 28.5. The lowest BCUT2D eigenvalue weighted by Gasteiger charge is -2.28. The van der Waals surface area contributed by atoms with Crippen LogP contribution in [0, 0.1) is 0 Å². The number of nitrogens with zero attached hydrogens (tertiary/aromatic N) is 2. The summed E-state index contributed by atoms with van der Waals surface area (Å²) in [7, 11) is 0. The van der Waals surface area contributed by atoms with E-state index in [1.807, 2.05) is 17.0 Å². The Hall–Kier alpha value is -1.18. The molecule has 114 valence electrons. The minimum Gasteiger partial charge on any atom is -0.354 e. The number of nitrogens with one attached hydrogen (secondary N) is 1. The minimum absolute atomic E-state index is 0.0218. The smallest absolute Gasteiger partial charge is 0.237 e. The van der Waals surface area contributed by atoms with E-state index in [0.717, 1.165) is 8.66 Å². The van der Waals surface area contributed by atoms with E-state index in [2.05, 4.69) is 27.8 Å². The molecule has 7 heteroatoms. The van der Waals surface area contributed by atoms with Crippen molar-refractivity contribution < 1.29 is 9.59 Å². The van der Waals surface area contributed by atoms with Crippen LogP contribution in [0.4, 0.5) is 0 Å². The van der Waals surface area contributed by atoms with Crippen molar-refractivity contribution in [2.24, 2.45) is 0 Å². The predicted octanol–water partition coefficient (Wildman–Crippen LogP) is 1.46. The van der Waals surface area contributed by atoms with Gasteiger partial charge in [0.05, 0.1) is 23.4 Å². The third kappa shape index (κ3) is 4.94. The summed E-state index contributed by atoms with van der Waals surface area (Å²) in [6, 6.07) is 3.98. The van der Waals surface area contributed by atoms with Gasteiger partial charge in [0, 0.05) is 24.5 Å². The summed E-state index contributed by atoms with van der Waals surface area (Å²) in [6.07, 6.45) is 1.73. The summed E-state index contributed by atoms with van der Waals surface area (Å²) in [5.41, 5.74) is 0. The number of carbonyl (C=O) groups is 2. The van der Waals surface area contributed by atoms with Crippen LogP contribution in [-0.4, -0.2) is 54.3 Å². The molecular formula is C14H18BrN3O2S. The summed E-state index contributed by atoms with van der Waals surface area (Å²) < 4.78 is 1.05. The van der Waals surface area contributed by atoms with Crippen molar-refractivity contribution in [1.29, 1.82) is 0 Å². The number of piperazine rings is 1. The van der Waals surface area contributed by atoms with Gasteiger partial charge < -0.3 is 10.2 Å². The topological polar surface area (TPSA) is 52.7 Å². The fourth-order valence-electron chi connectivity index (χ4n) is 2.15. The zero-order chi connectivity index (χ0) is 15.2. The van der Waals surface area contributed by atoms with E-state index < -0.39 is 0 Å². The monoisotopic (exact) mass is 371 g/mol. The lowest BCUT2D eigenvalue weighted by molar-refractivity contribution is -0.134. The van der Waals surface area contributed by atoms with Gasteiger partial charge in [-0.15, -0.1) is 17.9 Å². The van der Waals surface area contributed by atoms with Crippen molar-refractivity contribution in [2.45, 2.75) is 6.54 Å². The fourth-order valence-corrected chi connectivity index (χ4v) is 3.65. The van der Waals surface area contributed by atoms with E-state index in [9.17, 15) is 9.59 Å². The average Bonchev–Trinajstić information content (AvgIpc) is 2.84. The minimum atomic E-state index is -0.0218. The van der Waals surface area contributed by atoms with Crippen LogP contribution in [0.1, 0.15) is 4.88 Å². The molecule has 1 fully saturated rings. The van der Waals surface area contributed by atoms with Crippen LogP contribution >= 0.6 is 27.3 Å². The summed E-state index contributed by atoms with van der Waals surface area (Å²) in [5.74, 6) is 0.000584. The number of rotatable bonds is 6. The van der Waals surface area contributed by atoms with Crippen molar-refractivity contribution in [1.82, 2.24) is 15.1 Å². The molecule has 0 unspecified atom stereocenters. The molecule has 0 saturated carbocycles. The molecule has 0 aromatic carbocycles. The first-order valence-electron chi connectivity index (χ1n) is 6.70. The van der Waals surface area contributed by atoms with Crippen LogP contribution in [0.2, 0.25) is 0 Å². The molecular weight excluding hydrogens is 354 g/mol. The van der Waals surface area contributed by atoms with Crippen LogP contribution in [0.3, 0.4) is 0 Å². The predicted molar refractivity (Wildman–Crippen MR) is 87.1 cm³/mol. The highest BCUT2D eigenvalue weighted by molar-refractivity contribution is 9.11. The van der Waals surface area contributed by atoms with Gasteiger partial charge in [0.25, 0.3) is 0 Å². The van der Waals surface area contributed by atoms with Gasteiger partial charge in [0.1, 0.15) is 0 Å². The van der Waals surface area contributed by atoms with Crippen LogP contribution in [0.5, 0.6) is 0 Å². The molecule has 1 aliphatic rings. The van der Waals surface area contributed by atoms with Crippen LogP contribution in [0.25, 0.3) is 0 Å². The standard InChI is InChI=1S/C14H18BrN3O2S/c1-2-6-18(8-11-3-4-12(15)21-11)14(20)10-17-7-5-16-13(19)9-17/h2-4H,1,5-10H2,(H,16,19). The van der Waals surface area contributed by atoms with Crippen molar-refractivity contribution in [3.8, 4) is 0 Å². The van der Waals surface area contributed by atoms with E-state index in [1.54, 1.807) is 22.3 Å². The van der Waals surface area contributed by atoms with E-state index in [4.69, 9.17) is 0 Å². The molecule has 1 aromatic rings. The van der Waals surface area contributed by atoms with Crippen LogP contribution in [-0.2, 0) is 16.1 Å². The molecule has 0 aliphatic carbocycles. The summed E-state index contributed by atoms with van der Waals surface area (Å²) in [6.45, 7) is 6.67. The van der Waals surface area contributed by atoms with Gasteiger partial charge in [-0.05, 0) is 28.1 Å². The highest BCUT2D eigenvalue weighted by Crippen LogP contribution is 2.23. The molecule has 1 aliphatic heterocycles. The Kier molecular flexibility index (Phi) is 5.96. The molecule has 21 heavy (non-hydrogen) atoms. The normalized spacial score (nSPS) is 15.6. The van der Waals surface area contributed by atoms with Crippen molar-refractivity contribution in [3.05, 3.63) is 33.5 Å². The second kappa shape index (κ2) is 7.72. The molecule has 1 saturated heterocycles. The number of halogens is 1. The Balaban J connectivity index is 1.94. The molecule has 0 atom stereocenters. The van der Waals surface area contributed by atoms with Gasteiger partial charge in [-0.2, -0.15) is 0 Å². The molecule has 5 nitrogen and oxygen atoms in total. The summed E-state index contributed by atoms with van der Waals surface area (Å²) in [5, 5.41) is 2.76. The Morgan fingerprint density at radius 1 is 1.57 bits per heavy atom. The van der Waals surface area contributed by atoms with Crippen molar-refractivity contribution in [3.63, 3.8) is 0 Å². The van der Waals surface area contributed by atoms with Crippen LogP contribution in [0.15, 0.2) is 28.6 Å². The first-order valence-corrected chi connectivity index (χ1v) is 8.31. The van der Waals surface area contributed by atoms with Crippen LogP contribution < -0.4 is 5.32 Å². The third-order valence-corrected chi connectivity index (χ3v) is 4.76. The van der Waals surface area contributed by atoms with Gasteiger partial charge in [0.15, 0.2) is 0 Å². The number of amides is 2. The molecule has 1 aromatic heterocycles. The Morgan fingerprint density at radius 3 is 3.00 bits per heavy atom. The quantitative estimate of drug-likeness (QED) is 0.770. The zero-order valence-electron chi connectivity index (χ0n) is 11.7. The van der Waals surface area contributed by atoms with E-state index in [1.165, 1.54) is 0 Å². The van der Waals surface area contributed by atoms with Crippen molar-refractivity contribution >= 4 is 39.1 Å². The second-order valence-electron chi connectivity index (χ2n) is 4.83. The molecule has 0 bridgehead atoms. The Bertz CT molecular complexity index is 532. The van der Waals surface area contributed by atoms with Gasteiger partial charge in [0.2, 0.25) is 11.8 Å². The molecule has 2 heterocycles. The second-order valence-corrected chi connectivity index (χ2v) is 7.38. The third-order valence-electron chi connectivity index (χ3n) is 3.15. The number of carbonyl (C=O) groups excluding carboxylic acids is 2. The lowest BCUT2D eigenvalue weighted by Crippen LogP contribution is -2.51. The fraction of sp³-hybridized carbons (Fsp3) is 0.429. The maximum absolute atomic E-state index is 12.4. The van der Waals surface area contributed by atoms with Gasteiger partial charge in [-0.25, -0.2) is 0 Å². The first kappa shape index (κ1) is 16.2. The molecule has 2 amide bonds. The maximum Gasteiger partial charge on any atom is 0.237 e. The Labute approximate surface area is 136 Å². The van der Waals surface area contributed by atoms with Gasteiger partial charge in [-0.1, -0.05) is 6.08 Å². The molecule has 2 rings (SSSR count). The Morgan fingerprint density at radius 2 is 2.38 bits per heavy atom. The van der Waals surface area contributed by atoms with Crippen molar-refractivity contribution in [2.75, 3.05) is 32.7 Å². The molecule has 0 spiro atoms. The highest BCUT2D eigenvalue weighted by Gasteiger charge is 2.21. The van der Waals surface area contributed by atoms with E-state index in [-0.39, 0.29) is 24.9 Å². The number of thiophene rings is 1. The van der Waals surface area contributed by atoms with Gasteiger partial charge in [-0.3, -0.25) is 14.5 Å². The first-order chi connectivity index (χ1) is 10.1. The largest absolute Gasteiger partial charge is 0.354 e. The van der Waals surface area contributed by atoms with E-state index >= 15 is 0 Å². The van der Waals surface area contributed by atoms with E-state index in [0.29, 0.717) is 26.2 Å². The average molecular weight is 372 g/mol. The molecule has 1 N–H and O–H groups in total. The SMILES string of the molecule is C=CCN(Cc1ccc(Br)s1)C(=O)CN1CCNC(=O)C1. The zero-order valence-corrected chi connectivity index (χ0v) is 14.1. The highest BCUT2D eigenvalue weighted by atomic mass is 79.9. The maximum atomic E-state index is 12.4. The summed E-state index contributed by atoms with van der Waals surface area (Å²) >= 11 is 5.04. The number of hydrogen-bond donors (Lipinski definition) is 1. The lowest BCUT2D eigenvalue weighted by atomic mass is 10.3. The van der Waals surface area contributed by atoms with Gasteiger partial charge >= 0.3 is 0 Å².